The number of thiazole rings is 1. The van der Waals surface area contributed by atoms with Crippen molar-refractivity contribution in [3.8, 4) is 0 Å². The highest BCUT2D eigenvalue weighted by molar-refractivity contribution is 7.07. The zero-order valence-corrected chi connectivity index (χ0v) is 12.5. The van der Waals surface area contributed by atoms with Gasteiger partial charge in [0.2, 0.25) is 0 Å². The van der Waals surface area contributed by atoms with Gasteiger partial charge in [-0.3, -0.25) is 0 Å². The van der Waals surface area contributed by atoms with E-state index in [1.54, 1.807) is 11.3 Å². The van der Waals surface area contributed by atoms with Crippen molar-refractivity contribution in [2.75, 3.05) is 0 Å². The van der Waals surface area contributed by atoms with Crippen molar-refractivity contribution in [1.82, 2.24) is 4.57 Å². The molecular weight excluding hydrogens is 240 g/mol. The molecule has 2 aromatic rings. The molecule has 3 heteroatoms. The van der Waals surface area contributed by atoms with Gasteiger partial charge in [-0.1, -0.05) is 12.1 Å². The normalized spacial score (nSPS) is 12.4. The van der Waals surface area contributed by atoms with E-state index >= 15 is 0 Å². The Labute approximate surface area is 113 Å². The smallest absolute Gasteiger partial charge is 0.190 e. The van der Waals surface area contributed by atoms with Crippen LogP contribution in [0.2, 0.25) is 0 Å². The molecule has 0 aliphatic heterocycles. The highest BCUT2D eigenvalue weighted by atomic mass is 32.1. The maximum atomic E-state index is 4.82. The summed E-state index contributed by atoms with van der Waals surface area (Å²) in [6, 6.07) is 6.86. The van der Waals surface area contributed by atoms with Crippen molar-refractivity contribution >= 4 is 17.0 Å². The average Bonchev–Trinajstić information content (AvgIpc) is 2.65. The van der Waals surface area contributed by atoms with Crippen LogP contribution in [0.3, 0.4) is 0 Å². The molecule has 1 aromatic carbocycles. The van der Waals surface area contributed by atoms with E-state index in [1.807, 2.05) is 0 Å². The second-order valence-electron chi connectivity index (χ2n) is 5.03. The van der Waals surface area contributed by atoms with Gasteiger partial charge in [-0.15, -0.1) is 11.3 Å². The summed E-state index contributed by atoms with van der Waals surface area (Å²) in [5.74, 6) is 0. The quantitative estimate of drug-likeness (QED) is 0.766. The molecule has 2 rings (SSSR count). The van der Waals surface area contributed by atoms with Gasteiger partial charge in [0.25, 0.3) is 0 Å². The lowest BCUT2D eigenvalue weighted by molar-refractivity contribution is 0.570. The summed E-state index contributed by atoms with van der Waals surface area (Å²) in [5, 5.41) is 2.17. The van der Waals surface area contributed by atoms with Crippen molar-refractivity contribution in [3.63, 3.8) is 0 Å². The molecule has 1 aromatic heterocycles. The molecule has 0 fully saturated rings. The lowest BCUT2D eigenvalue weighted by Gasteiger charge is -2.10. The lowest BCUT2D eigenvalue weighted by atomic mass is 10.1. The van der Waals surface area contributed by atoms with Gasteiger partial charge in [0.15, 0.2) is 4.80 Å². The third-order valence-corrected chi connectivity index (χ3v) is 3.98. The van der Waals surface area contributed by atoms with E-state index in [-0.39, 0.29) is 0 Å². The van der Waals surface area contributed by atoms with Gasteiger partial charge in [-0.25, -0.2) is 4.99 Å². The number of aromatic nitrogens is 1. The summed E-state index contributed by atoms with van der Waals surface area (Å²) in [4.78, 5) is 5.90. The molecule has 0 saturated heterocycles. The number of rotatable bonds is 2. The van der Waals surface area contributed by atoms with Crippen molar-refractivity contribution in [2.45, 2.75) is 40.7 Å². The number of nitrogens with zero attached hydrogens (tertiary/aromatic N) is 2. The lowest BCUT2D eigenvalue weighted by Crippen LogP contribution is -2.18. The predicted octanol–water partition coefficient (Wildman–Crippen LogP) is 4.29. The third kappa shape index (κ3) is 2.56. The van der Waals surface area contributed by atoms with Crippen LogP contribution in [0.5, 0.6) is 0 Å². The third-order valence-electron chi connectivity index (χ3n) is 3.02. The standard InChI is InChI=1S/C15H20N2S/c1-10(2)17-13(5)9-18-15(17)16-14-8-11(3)6-7-12(14)4/h6-10H,1-5H3. The van der Waals surface area contributed by atoms with Gasteiger partial charge < -0.3 is 4.57 Å². The summed E-state index contributed by atoms with van der Waals surface area (Å²) in [6.07, 6.45) is 0. The minimum absolute atomic E-state index is 0.445. The summed E-state index contributed by atoms with van der Waals surface area (Å²) >= 11 is 1.71. The highest BCUT2D eigenvalue weighted by Crippen LogP contribution is 2.20. The average molecular weight is 260 g/mol. The van der Waals surface area contributed by atoms with Crippen LogP contribution in [0, 0.1) is 20.8 Å². The molecule has 96 valence electrons. The molecule has 18 heavy (non-hydrogen) atoms. The molecule has 0 atom stereocenters. The van der Waals surface area contributed by atoms with Gasteiger partial charge in [0, 0.05) is 17.1 Å². The first-order valence-corrected chi connectivity index (χ1v) is 7.15. The van der Waals surface area contributed by atoms with E-state index in [1.165, 1.54) is 16.8 Å². The van der Waals surface area contributed by atoms with E-state index in [2.05, 4.69) is 62.8 Å². The minimum Gasteiger partial charge on any atom is -0.319 e. The first-order valence-electron chi connectivity index (χ1n) is 6.27. The predicted molar refractivity (Wildman–Crippen MR) is 78.6 cm³/mol. The first kappa shape index (κ1) is 13.1. The topological polar surface area (TPSA) is 17.3 Å². The molecule has 2 nitrogen and oxygen atoms in total. The maximum Gasteiger partial charge on any atom is 0.190 e. The van der Waals surface area contributed by atoms with Crippen LogP contribution in [0.25, 0.3) is 0 Å². The largest absolute Gasteiger partial charge is 0.319 e. The Morgan fingerprint density at radius 2 is 1.89 bits per heavy atom. The van der Waals surface area contributed by atoms with E-state index in [0.717, 1.165) is 10.5 Å². The van der Waals surface area contributed by atoms with E-state index in [0.29, 0.717) is 6.04 Å². The Morgan fingerprint density at radius 3 is 2.56 bits per heavy atom. The Bertz CT molecular complexity index is 618. The molecule has 0 radical (unpaired) electrons. The van der Waals surface area contributed by atoms with Crippen molar-refractivity contribution < 1.29 is 0 Å². The number of hydrogen-bond acceptors (Lipinski definition) is 2. The van der Waals surface area contributed by atoms with Gasteiger partial charge in [0.05, 0.1) is 5.69 Å². The molecule has 0 unspecified atom stereocenters. The number of benzene rings is 1. The van der Waals surface area contributed by atoms with Crippen LogP contribution in [-0.2, 0) is 0 Å². The Balaban J connectivity index is 2.61. The Hall–Kier alpha value is -1.35. The monoisotopic (exact) mass is 260 g/mol. The second-order valence-corrected chi connectivity index (χ2v) is 5.86. The minimum atomic E-state index is 0.445. The molecule has 0 aliphatic rings. The van der Waals surface area contributed by atoms with Crippen LogP contribution in [-0.4, -0.2) is 4.57 Å². The van der Waals surface area contributed by atoms with E-state index in [4.69, 9.17) is 4.99 Å². The Kier molecular flexibility index (Phi) is 3.71. The molecule has 1 heterocycles. The molecule has 0 N–H and O–H groups in total. The van der Waals surface area contributed by atoms with Gasteiger partial charge in [0.1, 0.15) is 0 Å². The van der Waals surface area contributed by atoms with Gasteiger partial charge in [-0.2, -0.15) is 0 Å². The van der Waals surface area contributed by atoms with Gasteiger partial charge in [-0.05, 0) is 51.8 Å². The summed E-state index contributed by atoms with van der Waals surface area (Å²) < 4.78 is 2.28. The fourth-order valence-corrected chi connectivity index (χ4v) is 3.06. The fraction of sp³-hybridized carbons (Fsp3) is 0.400. The molecule has 0 saturated carbocycles. The highest BCUT2D eigenvalue weighted by Gasteiger charge is 2.05. The summed E-state index contributed by atoms with van der Waals surface area (Å²) in [5.41, 5.74) is 4.83. The number of hydrogen-bond donors (Lipinski definition) is 0. The van der Waals surface area contributed by atoms with Crippen LogP contribution in [0.15, 0.2) is 28.6 Å². The molecular formula is C15H20N2S. The Morgan fingerprint density at radius 1 is 1.17 bits per heavy atom. The zero-order chi connectivity index (χ0) is 13.3. The van der Waals surface area contributed by atoms with Crippen LogP contribution in [0.1, 0.15) is 36.7 Å². The summed E-state index contributed by atoms with van der Waals surface area (Å²) in [7, 11) is 0. The van der Waals surface area contributed by atoms with Gasteiger partial charge >= 0.3 is 0 Å². The number of aryl methyl sites for hydroxylation is 3. The maximum absolute atomic E-state index is 4.82. The van der Waals surface area contributed by atoms with Crippen LogP contribution < -0.4 is 4.80 Å². The summed E-state index contributed by atoms with van der Waals surface area (Å²) in [6.45, 7) is 10.7. The molecule has 0 amide bonds. The van der Waals surface area contributed by atoms with Crippen molar-refractivity contribution in [3.05, 3.63) is 45.2 Å². The first-order chi connectivity index (χ1) is 8.49. The van der Waals surface area contributed by atoms with E-state index in [9.17, 15) is 0 Å². The molecule has 0 aliphatic carbocycles. The fourth-order valence-electron chi connectivity index (χ4n) is 2.05. The zero-order valence-electron chi connectivity index (χ0n) is 11.7. The molecule has 0 spiro atoms. The van der Waals surface area contributed by atoms with E-state index < -0.39 is 0 Å². The van der Waals surface area contributed by atoms with Crippen LogP contribution in [0.4, 0.5) is 5.69 Å². The van der Waals surface area contributed by atoms with Crippen molar-refractivity contribution in [1.29, 1.82) is 0 Å². The van der Waals surface area contributed by atoms with Crippen LogP contribution >= 0.6 is 11.3 Å². The second kappa shape index (κ2) is 5.11. The SMILES string of the molecule is Cc1ccc(C)c(N=c2scc(C)n2C(C)C)c1. The van der Waals surface area contributed by atoms with Crippen molar-refractivity contribution in [2.24, 2.45) is 4.99 Å². The molecule has 0 bridgehead atoms.